The minimum absolute atomic E-state index is 0.262. The zero-order chi connectivity index (χ0) is 13.0. The van der Waals surface area contributed by atoms with Gasteiger partial charge in [-0.3, -0.25) is 9.69 Å². The molecular weight excluding hydrogens is 230 g/mol. The van der Waals surface area contributed by atoms with Crippen molar-refractivity contribution in [2.24, 2.45) is 0 Å². The number of piperazine rings is 1. The van der Waals surface area contributed by atoms with Gasteiger partial charge in [0.1, 0.15) is 0 Å². The zero-order valence-electron chi connectivity index (χ0n) is 11.5. The van der Waals surface area contributed by atoms with Crippen molar-refractivity contribution in [1.82, 2.24) is 15.1 Å². The Bertz CT molecular complexity index is 279. The summed E-state index contributed by atoms with van der Waals surface area (Å²) in [5.74, 6) is 0.262. The van der Waals surface area contributed by atoms with Crippen LogP contribution in [0.2, 0.25) is 0 Å². The lowest BCUT2D eigenvalue weighted by Crippen LogP contribution is -2.51. The third-order valence-corrected chi connectivity index (χ3v) is 3.94. The molecule has 5 nitrogen and oxygen atoms in total. The van der Waals surface area contributed by atoms with Crippen LogP contribution < -0.4 is 5.32 Å². The lowest BCUT2D eigenvalue weighted by molar-refractivity contribution is -0.134. The Morgan fingerprint density at radius 3 is 2.83 bits per heavy atom. The van der Waals surface area contributed by atoms with E-state index in [1.807, 2.05) is 4.90 Å². The van der Waals surface area contributed by atoms with Crippen molar-refractivity contribution in [3.05, 3.63) is 0 Å². The molecule has 0 saturated carbocycles. The van der Waals surface area contributed by atoms with Gasteiger partial charge in [0.05, 0.1) is 12.6 Å². The molecule has 0 aliphatic carbocycles. The molecule has 0 bridgehead atoms. The van der Waals surface area contributed by atoms with E-state index in [1.54, 1.807) is 0 Å². The molecule has 1 N–H and O–H groups in total. The molecule has 1 amide bonds. The summed E-state index contributed by atoms with van der Waals surface area (Å²) in [7, 11) is 2.06. The first-order chi connectivity index (χ1) is 8.66. The molecule has 2 aliphatic rings. The third-order valence-electron chi connectivity index (χ3n) is 3.94. The Hall–Kier alpha value is -0.650. The van der Waals surface area contributed by atoms with Gasteiger partial charge in [0.2, 0.25) is 5.91 Å². The molecule has 2 atom stereocenters. The molecular formula is C13H25N3O2. The second kappa shape index (κ2) is 6.50. The highest BCUT2D eigenvalue weighted by molar-refractivity contribution is 5.78. The monoisotopic (exact) mass is 255 g/mol. The summed E-state index contributed by atoms with van der Waals surface area (Å²) in [5.41, 5.74) is 0. The fraction of sp³-hybridized carbons (Fsp3) is 0.923. The molecule has 0 aromatic rings. The van der Waals surface area contributed by atoms with Crippen LogP contribution >= 0.6 is 0 Å². The van der Waals surface area contributed by atoms with Crippen LogP contribution in [0, 0.1) is 0 Å². The molecule has 0 aromatic heterocycles. The smallest absolute Gasteiger partial charge is 0.236 e. The Balaban J connectivity index is 1.78. The molecule has 104 valence electrons. The summed E-state index contributed by atoms with van der Waals surface area (Å²) in [5, 5.41) is 3.27. The predicted octanol–water partition coefficient (Wildman–Crippen LogP) is -0.0825. The number of rotatable bonds is 3. The molecule has 0 radical (unpaired) electrons. The number of ether oxygens (including phenoxy) is 1. The number of nitrogens with zero attached hydrogens (tertiary/aromatic N) is 2. The highest BCUT2D eigenvalue weighted by atomic mass is 16.5. The second-order valence-electron chi connectivity index (χ2n) is 5.41. The fourth-order valence-corrected chi connectivity index (χ4v) is 2.73. The molecule has 18 heavy (non-hydrogen) atoms. The zero-order valence-corrected chi connectivity index (χ0v) is 11.5. The van der Waals surface area contributed by atoms with Gasteiger partial charge in [-0.05, 0) is 26.8 Å². The van der Waals surface area contributed by atoms with Crippen molar-refractivity contribution in [2.45, 2.75) is 31.9 Å². The summed E-state index contributed by atoms with van der Waals surface area (Å²) in [6, 6.07) is 0.487. The van der Waals surface area contributed by atoms with Gasteiger partial charge < -0.3 is 15.0 Å². The first-order valence-electron chi connectivity index (χ1n) is 6.97. The van der Waals surface area contributed by atoms with Gasteiger partial charge in [-0.2, -0.15) is 0 Å². The van der Waals surface area contributed by atoms with Crippen molar-refractivity contribution in [1.29, 1.82) is 0 Å². The Morgan fingerprint density at radius 1 is 1.44 bits per heavy atom. The van der Waals surface area contributed by atoms with E-state index < -0.39 is 0 Å². The highest BCUT2D eigenvalue weighted by Gasteiger charge is 2.25. The highest BCUT2D eigenvalue weighted by Crippen LogP contribution is 2.17. The van der Waals surface area contributed by atoms with E-state index in [0.717, 1.165) is 45.6 Å². The van der Waals surface area contributed by atoms with E-state index in [9.17, 15) is 4.79 Å². The van der Waals surface area contributed by atoms with Crippen LogP contribution in [0.25, 0.3) is 0 Å². The number of amides is 1. The van der Waals surface area contributed by atoms with Crippen molar-refractivity contribution < 1.29 is 9.53 Å². The minimum atomic E-state index is 0.262. The van der Waals surface area contributed by atoms with Gasteiger partial charge in [-0.15, -0.1) is 0 Å². The standard InChI is InChI=1S/C13H25N3O2/c1-11-9-12(3-8-18-11)15(2)10-13(17)16-6-4-14-5-7-16/h11-12,14H,3-10H2,1-2H3. The second-order valence-corrected chi connectivity index (χ2v) is 5.41. The molecule has 0 spiro atoms. The Morgan fingerprint density at radius 2 is 2.17 bits per heavy atom. The maximum absolute atomic E-state index is 12.2. The van der Waals surface area contributed by atoms with E-state index in [2.05, 4.69) is 24.2 Å². The van der Waals surface area contributed by atoms with Crippen LogP contribution in [0.1, 0.15) is 19.8 Å². The molecule has 2 heterocycles. The van der Waals surface area contributed by atoms with Crippen molar-refractivity contribution in [2.75, 3.05) is 46.4 Å². The molecule has 0 aromatic carbocycles. The molecule has 2 rings (SSSR count). The molecule has 2 unspecified atom stereocenters. The third kappa shape index (κ3) is 3.67. The Kier molecular flexibility index (Phi) is 4.97. The van der Waals surface area contributed by atoms with Crippen LogP contribution in [0.4, 0.5) is 0 Å². The van der Waals surface area contributed by atoms with Crippen molar-refractivity contribution >= 4 is 5.91 Å². The van der Waals surface area contributed by atoms with E-state index in [1.165, 1.54) is 0 Å². The average molecular weight is 255 g/mol. The fourth-order valence-electron chi connectivity index (χ4n) is 2.73. The van der Waals surface area contributed by atoms with Gasteiger partial charge in [-0.25, -0.2) is 0 Å². The summed E-state index contributed by atoms with van der Waals surface area (Å²) >= 11 is 0. The van der Waals surface area contributed by atoms with Crippen molar-refractivity contribution in [3.63, 3.8) is 0 Å². The van der Waals surface area contributed by atoms with Gasteiger partial charge in [0.15, 0.2) is 0 Å². The Labute approximate surface area is 109 Å². The maximum Gasteiger partial charge on any atom is 0.236 e. The number of nitrogens with one attached hydrogen (secondary N) is 1. The number of hydrogen-bond donors (Lipinski definition) is 1. The van der Waals surface area contributed by atoms with Gasteiger partial charge in [0.25, 0.3) is 0 Å². The maximum atomic E-state index is 12.2. The molecule has 5 heteroatoms. The quantitative estimate of drug-likeness (QED) is 0.766. The van der Waals surface area contributed by atoms with Crippen LogP contribution in [-0.4, -0.2) is 74.2 Å². The summed E-state index contributed by atoms with van der Waals surface area (Å²) in [4.78, 5) is 16.3. The lowest BCUT2D eigenvalue weighted by Gasteiger charge is -2.35. The van der Waals surface area contributed by atoms with E-state index in [-0.39, 0.29) is 5.91 Å². The van der Waals surface area contributed by atoms with E-state index in [0.29, 0.717) is 18.7 Å². The van der Waals surface area contributed by atoms with E-state index in [4.69, 9.17) is 4.74 Å². The average Bonchev–Trinajstić information content (AvgIpc) is 2.39. The van der Waals surface area contributed by atoms with Crippen LogP contribution in [0.3, 0.4) is 0 Å². The predicted molar refractivity (Wildman–Crippen MR) is 70.5 cm³/mol. The SMILES string of the molecule is CC1CC(N(C)CC(=O)N2CCNCC2)CCO1. The summed E-state index contributed by atoms with van der Waals surface area (Å²) < 4.78 is 5.55. The van der Waals surface area contributed by atoms with Gasteiger partial charge in [0, 0.05) is 38.8 Å². The minimum Gasteiger partial charge on any atom is -0.378 e. The first-order valence-corrected chi connectivity index (χ1v) is 6.97. The topological polar surface area (TPSA) is 44.8 Å². The lowest BCUT2D eigenvalue weighted by atomic mass is 10.0. The number of likely N-dealkylation sites (N-methyl/N-ethyl adjacent to an activating group) is 1. The number of carbonyl (C=O) groups excluding carboxylic acids is 1. The molecule has 2 fully saturated rings. The first kappa shape index (κ1) is 13.8. The van der Waals surface area contributed by atoms with Crippen LogP contribution in [0.5, 0.6) is 0 Å². The number of carbonyl (C=O) groups is 1. The molecule has 2 aliphatic heterocycles. The molecule has 2 saturated heterocycles. The van der Waals surface area contributed by atoms with Crippen molar-refractivity contribution in [3.8, 4) is 0 Å². The van der Waals surface area contributed by atoms with Gasteiger partial charge in [-0.1, -0.05) is 0 Å². The summed E-state index contributed by atoms with van der Waals surface area (Å²) in [6.07, 6.45) is 2.39. The summed E-state index contributed by atoms with van der Waals surface area (Å²) in [6.45, 7) is 6.99. The van der Waals surface area contributed by atoms with E-state index >= 15 is 0 Å². The van der Waals surface area contributed by atoms with Gasteiger partial charge >= 0.3 is 0 Å². The van der Waals surface area contributed by atoms with Crippen LogP contribution in [-0.2, 0) is 9.53 Å². The van der Waals surface area contributed by atoms with Crippen LogP contribution in [0.15, 0.2) is 0 Å². The normalized spacial score (nSPS) is 29.6. The number of hydrogen-bond acceptors (Lipinski definition) is 4. The largest absolute Gasteiger partial charge is 0.378 e.